The van der Waals surface area contributed by atoms with Gasteiger partial charge in [-0.15, -0.1) is 0 Å². The standard InChI is InChI=1S/C34H32N4O8/c1-20-5-3-4-6-26(20)37-34(45)38-27-16-7-21(17-29(27)46-2)18-30(39)35-25-14-12-22(13-15-25)28(19-31(40)41)36-32(42)23-8-10-24(11-9-23)33(43)44/h3-17,28H,18-19H2,1-2H3,(H,35,39)(H,36,42)(H,40,41)(H,43,44)(H2,37,38,45)/t28-/m1/s1. The van der Waals surface area contributed by atoms with E-state index in [4.69, 9.17) is 9.84 Å². The van der Waals surface area contributed by atoms with Crippen LogP contribution in [0, 0.1) is 6.92 Å². The molecule has 236 valence electrons. The summed E-state index contributed by atoms with van der Waals surface area (Å²) in [6.07, 6.45) is -0.392. The topological polar surface area (TPSA) is 183 Å². The monoisotopic (exact) mass is 624 g/mol. The highest BCUT2D eigenvalue weighted by Crippen LogP contribution is 2.27. The van der Waals surface area contributed by atoms with Crippen LogP contribution >= 0.6 is 0 Å². The van der Waals surface area contributed by atoms with Gasteiger partial charge in [0.15, 0.2) is 0 Å². The molecule has 4 amide bonds. The third-order valence-electron chi connectivity index (χ3n) is 6.95. The normalized spacial score (nSPS) is 11.1. The second-order valence-corrected chi connectivity index (χ2v) is 10.3. The second kappa shape index (κ2) is 15.0. The largest absolute Gasteiger partial charge is 0.495 e. The number of carbonyl (C=O) groups excluding carboxylic acids is 3. The lowest BCUT2D eigenvalue weighted by Gasteiger charge is -2.18. The summed E-state index contributed by atoms with van der Waals surface area (Å²) >= 11 is 0. The van der Waals surface area contributed by atoms with Crippen molar-refractivity contribution in [1.82, 2.24) is 5.32 Å². The molecule has 4 aromatic rings. The summed E-state index contributed by atoms with van der Waals surface area (Å²) in [5.74, 6) is -2.78. The Morgan fingerprint density at radius 3 is 2.04 bits per heavy atom. The molecule has 0 radical (unpaired) electrons. The van der Waals surface area contributed by atoms with Gasteiger partial charge in [0.05, 0.1) is 37.2 Å². The Kier molecular flexibility index (Phi) is 10.7. The molecule has 0 aliphatic carbocycles. The van der Waals surface area contributed by atoms with Crippen LogP contribution in [0.15, 0.2) is 91.0 Å². The highest BCUT2D eigenvalue weighted by atomic mass is 16.5. The van der Waals surface area contributed by atoms with Crippen LogP contribution in [-0.4, -0.2) is 47.1 Å². The van der Waals surface area contributed by atoms with E-state index in [0.29, 0.717) is 33.9 Å². The lowest BCUT2D eigenvalue weighted by atomic mass is 10.0. The molecule has 46 heavy (non-hydrogen) atoms. The Morgan fingerprint density at radius 1 is 0.761 bits per heavy atom. The number of hydrogen-bond donors (Lipinski definition) is 6. The molecule has 12 heteroatoms. The fourth-order valence-electron chi connectivity index (χ4n) is 4.56. The van der Waals surface area contributed by atoms with Gasteiger partial charge >= 0.3 is 18.0 Å². The van der Waals surface area contributed by atoms with Crippen LogP contribution in [0.3, 0.4) is 0 Å². The van der Waals surface area contributed by atoms with Gasteiger partial charge < -0.3 is 36.2 Å². The molecule has 0 fully saturated rings. The van der Waals surface area contributed by atoms with E-state index in [9.17, 15) is 29.1 Å². The molecule has 6 N–H and O–H groups in total. The van der Waals surface area contributed by atoms with Crippen LogP contribution in [0.4, 0.5) is 21.9 Å². The van der Waals surface area contributed by atoms with E-state index in [0.717, 1.165) is 5.56 Å². The Balaban J connectivity index is 1.36. The lowest BCUT2D eigenvalue weighted by molar-refractivity contribution is -0.137. The molecule has 0 aliphatic heterocycles. The van der Waals surface area contributed by atoms with Crippen LogP contribution < -0.4 is 26.0 Å². The van der Waals surface area contributed by atoms with Crippen molar-refractivity contribution < 1.29 is 38.9 Å². The first-order chi connectivity index (χ1) is 22.0. The van der Waals surface area contributed by atoms with Gasteiger partial charge in [-0.05, 0) is 78.2 Å². The zero-order valence-electron chi connectivity index (χ0n) is 25.0. The maximum Gasteiger partial charge on any atom is 0.335 e. The van der Waals surface area contributed by atoms with Gasteiger partial charge in [-0.25, -0.2) is 9.59 Å². The first-order valence-electron chi connectivity index (χ1n) is 14.1. The number of carboxylic acids is 2. The van der Waals surface area contributed by atoms with Crippen LogP contribution in [0.1, 0.15) is 49.9 Å². The van der Waals surface area contributed by atoms with Crippen LogP contribution in [0.2, 0.25) is 0 Å². The van der Waals surface area contributed by atoms with Crippen LogP contribution in [0.5, 0.6) is 5.75 Å². The van der Waals surface area contributed by atoms with Gasteiger partial charge in [-0.3, -0.25) is 14.4 Å². The summed E-state index contributed by atoms with van der Waals surface area (Å²) in [7, 11) is 1.46. The molecule has 0 spiro atoms. The van der Waals surface area contributed by atoms with E-state index in [1.54, 1.807) is 48.5 Å². The number of aliphatic carboxylic acids is 1. The number of benzene rings is 4. The average Bonchev–Trinajstić information content (AvgIpc) is 3.02. The first kappa shape index (κ1) is 32.7. The number of aryl methyl sites for hydroxylation is 1. The van der Waals surface area contributed by atoms with Gasteiger partial charge in [0, 0.05) is 16.9 Å². The number of ether oxygens (including phenoxy) is 1. The fourth-order valence-corrected chi connectivity index (χ4v) is 4.56. The average molecular weight is 625 g/mol. The number of aromatic carboxylic acids is 1. The molecule has 0 aromatic heterocycles. The van der Waals surface area contributed by atoms with Gasteiger partial charge in [-0.1, -0.05) is 36.4 Å². The SMILES string of the molecule is COc1cc(CC(=O)Nc2ccc([C@@H](CC(=O)O)NC(=O)c3ccc(C(=O)O)cc3)cc2)ccc1NC(=O)Nc1ccccc1C. The zero-order chi connectivity index (χ0) is 33.2. The number of carboxylic acid groups (broad SMARTS) is 2. The molecule has 0 unspecified atom stereocenters. The number of amides is 4. The van der Waals surface area contributed by atoms with E-state index in [2.05, 4.69) is 21.3 Å². The first-order valence-corrected chi connectivity index (χ1v) is 14.1. The summed E-state index contributed by atoms with van der Waals surface area (Å²) in [4.78, 5) is 60.6. The number of methoxy groups -OCH3 is 1. The zero-order valence-corrected chi connectivity index (χ0v) is 25.0. The highest BCUT2D eigenvalue weighted by molar-refractivity contribution is 6.01. The van der Waals surface area contributed by atoms with Crippen molar-refractivity contribution in [2.45, 2.75) is 25.8 Å². The number of hydrogen-bond acceptors (Lipinski definition) is 6. The van der Waals surface area contributed by atoms with E-state index in [-0.39, 0.29) is 23.5 Å². The number of anilines is 3. The van der Waals surface area contributed by atoms with Gasteiger partial charge in [0.2, 0.25) is 5.91 Å². The highest BCUT2D eigenvalue weighted by Gasteiger charge is 2.20. The predicted molar refractivity (Wildman–Crippen MR) is 171 cm³/mol. The van der Waals surface area contributed by atoms with Crippen molar-refractivity contribution in [3.8, 4) is 5.75 Å². The Hall–Kier alpha value is -6.17. The van der Waals surface area contributed by atoms with Gasteiger partial charge in [0.1, 0.15) is 5.75 Å². The minimum atomic E-state index is -1.13. The van der Waals surface area contributed by atoms with Crippen molar-refractivity contribution in [2.75, 3.05) is 23.1 Å². The predicted octanol–water partition coefficient (Wildman–Crippen LogP) is 5.47. The van der Waals surface area contributed by atoms with E-state index in [1.165, 1.54) is 31.4 Å². The number of rotatable bonds is 12. The summed E-state index contributed by atoms with van der Waals surface area (Å²) in [5, 5.41) is 29.4. The number of para-hydroxylation sites is 1. The Bertz CT molecular complexity index is 1750. The maximum atomic E-state index is 12.8. The number of nitrogens with one attached hydrogen (secondary N) is 4. The molecule has 0 saturated heterocycles. The van der Waals surface area contributed by atoms with E-state index < -0.39 is 36.3 Å². The molecule has 0 bridgehead atoms. The van der Waals surface area contributed by atoms with Crippen molar-refractivity contribution in [1.29, 1.82) is 0 Å². The molecular formula is C34H32N4O8. The van der Waals surface area contributed by atoms with Crippen molar-refractivity contribution in [3.05, 3.63) is 119 Å². The summed E-state index contributed by atoms with van der Waals surface area (Å²) in [5.41, 5.74) is 3.79. The smallest absolute Gasteiger partial charge is 0.335 e. The quantitative estimate of drug-likeness (QED) is 0.120. The van der Waals surface area contributed by atoms with Gasteiger partial charge in [-0.2, -0.15) is 0 Å². The lowest BCUT2D eigenvalue weighted by Crippen LogP contribution is -2.30. The summed E-state index contributed by atoms with van der Waals surface area (Å²) in [6, 6.07) is 22.7. The van der Waals surface area contributed by atoms with Crippen molar-refractivity contribution in [3.63, 3.8) is 0 Å². The third-order valence-corrected chi connectivity index (χ3v) is 6.95. The van der Waals surface area contributed by atoms with Crippen LogP contribution in [0.25, 0.3) is 0 Å². The number of urea groups is 1. The second-order valence-electron chi connectivity index (χ2n) is 10.3. The summed E-state index contributed by atoms with van der Waals surface area (Å²) < 4.78 is 5.42. The summed E-state index contributed by atoms with van der Waals surface area (Å²) in [6.45, 7) is 1.88. The van der Waals surface area contributed by atoms with E-state index >= 15 is 0 Å². The minimum absolute atomic E-state index is 0.00611. The molecule has 0 heterocycles. The molecule has 12 nitrogen and oxygen atoms in total. The van der Waals surface area contributed by atoms with Crippen LogP contribution in [-0.2, 0) is 16.0 Å². The third kappa shape index (κ3) is 8.92. The van der Waals surface area contributed by atoms with E-state index in [1.807, 2.05) is 25.1 Å². The fraction of sp³-hybridized carbons (Fsp3) is 0.147. The molecule has 0 aliphatic rings. The molecule has 0 saturated carbocycles. The van der Waals surface area contributed by atoms with Gasteiger partial charge in [0.25, 0.3) is 5.91 Å². The maximum absolute atomic E-state index is 12.8. The minimum Gasteiger partial charge on any atom is -0.495 e. The molecular weight excluding hydrogens is 592 g/mol. The van der Waals surface area contributed by atoms with Crippen molar-refractivity contribution in [2.24, 2.45) is 0 Å². The van der Waals surface area contributed by atoms with Crippen molar-refractivity contribution >= 4 is 46.8 Å². The molecule has 4 rings (SSSR count). The Morgan fingerprint density at radius 2 is 1.41 bits per heavy atom. The molecule has 4 aromatic carbocycles. The molecule has 1 atom stereocenters. The number of carbonyl (C=O) groups is 5. The Labute approximate surface area is 264 Å².